The second kappa shape index (κ2) is 6.02. The minimum Gasteiger partial charge on any atom is -0.497 e. The highest BCUT2D eigenvalue weighted by molar-refractivity contribution is 7.98. The maximum Gasteiger partial charge on any atom is 0.118 e. The van der Waals surface area contributed by atoms with Crippen molar-refractivity contribution in [2.45, 2.75) is 24.7 Å². The molecule has 0 saturated carbocycles. The van der Waals surface area contributed by atoms with Crippen LogP contribution in [0, 0.1) is 6.92 Å². The van der Waals surface area contributed by atoms with Crippen molar-refractivity contribution in [3.05, 3.63) is 59.5 Å². The lowest BCUT2D eigenvalue weighted by atomic mass is 10.0. The highest BCUT2D eigenvalue weighted by Gasteiger charge is 2.23. The quantitative estimate of drug-likeness (QED) is 0.650. The predicted octanol–water partition coefficient (Wildman–Crippen LogP) is 4.68. The van der Waals surface area contributed by atoms with E-state index in [0.717, 1.165) is 30.1 Å². The fourth-order valence-electron chi connectivity index (χ4n) is 3.46. The molecule has 122 valence electrons. The van der Waals surface area contributed by atoms with Gasteiger partial charge in [-0.25, -0.2) is 4.98 Å². The average molecular weight is 336 g/mol. The number of nitrogens with zero attached hydrogens (tertiary/aromatic N) is 2. The van der Waals surface area contributed by atoms with Crippen molar-refractivity contribution in [3.63, 3.8) is 0 Å². The van der Waals surface area contributed by atoms with Crippen molar-refractivity contribution in [1.29, 1.82) is 0 Å². The van der Waals surface area contributed by atoms with Gasteiger partial charge in [0.15, 0.2) is 0 Å². The molecular formula is C20H20N2OS. The summed E-state index contributed by atoms with van der Waals surface area (Å²) in [6.45, 7) is 2.10. The highest BCUT2D eigenvalue weighted by Crippen LogP contribution is 2.35. The van der Waals surface area contributed by atoms with Crippen LogP contribution in [0.3, 0.4) is 0 Å². The van der Waals surface area contributed by atoms with E-state index in [1.807, 2.05) is 12.1 Å². The first kappa shape index (κ1) is 15.3. The van der Waals surface area contributed by atoms with Gasteiger partial charge in [-0.1, -0.05) is 0 Å². The van der Waals surface area contributed by atoms with Gasteiger partial charge in [0, 0.05) is 16.9 Å². The topological polar surface area (TPSA) is 27.1 Å². The number of imidazole rings is 1. The number of fused-ring (bicyclic) bond motifs is 3. The number of aromatic nitrogens is 2. The predicted molar refractivity (Wildman–Crippen MR) is 99.5 cm³/mol. The Morgan fingerprint density at radius 2 is 1.88 bits per heavy atom. The third-order valence-electron chi connectivity index (χ3n) is 4.63. The van der Waals surface area contributed by atoms with E-state index < -0.39 is 0 Å². The molecule has 0 spiro atoms. The molecule has 24 heavy (non-hydrogen) atoms. The first-order chi connectivity index (χ1) is 11.7. The maximum absolute atomic E-state index is 5.29. The Hall–Kier alpha value is -2.20. The summed E-state index contributed by atoms with van der Waals surface area (Å²) in [5, 5.41) is 0. The summed E-state index contributed by atoms with van der Waals surface area (Å²) in [5.74, 6) is 2.03. The Kier molecular flexibility index (Phi) is 3.85. The smallest absolute Gasteiger partial charge is 0.118 e. The van der Waals surface area contributed by atoms with Gasteiger partial charge >= 0.3 is 0 Å². The molecule has 0 unspecified atom stereocenters. The first-order valence-electron chi connectivity index (χ1n) is 8.11. The first-order valence-corrected chi connectivity index (χ1v) is 9.33. The zero-order valence-electron chi connectivity index (χ0n) is 14.2. The second-order valence-corrected chi connectivity index (χ2v) is 6.90. The van der Waals surface area contributed by atoms with Crippen molar-refractivity contribution in [1.82, 2.24) is 9.55 Å². The number of methoxy groups -OCH3 is 1. The van der Waals surface area contributed by atoms with Gasteiger partial charge in [-0.2, -0.15) is 0 Å². The number of thioether (sulfide) groups is 1. The molecule has 0 atom stereocenters. The summed E-state index contributed by atoms with van der Waals surface area (Å²) >= 11 is 1.79. The molecule has 0 amide bonds. The van der Waals surface area contributed by atoms with Gasteiger partial charge in [0.05, 0.1) is 24.2 Å². The number of hydrogen-bond donors (Lipinski definition) is 0. The molecule has 3 aromatic rings. The Labute approximate surface area is 146 Å². The van der Waals surface area contributed by atoms with Gasteiger partial charge in [-0.05, 0) is 67.6 Å². The molecule has 4 heteroatoms. The van der Waals surface area contributed by atoms with Gasteiger partial charge in [-0.3, -0.25) is 4.57 Å². The highest BCUT2D eigenvalue weighted by atomic mass is 32.2. The average Bonchev–Trinajstić information content (AvgIpc) is 2.97. The van der Waals surface area contributed by atoms with Gasteiger partial charge in [0.2, 0.25) is 0 Å². The molecular weight excluding hydrogens is 316 g/mol. The van der Waals surface area contributed by atoms with E-state index in [1.54, 1.807) is 18.9 Å². The molecule has 3 nitrogen and oxygen atoms in total. The molecule has 0 bridgehead atoms. The Morgan fingerprint density at radius 3 is 2.58 bits per heavy atom. The molecule has 1 aliphatic rings. The second-order valence-electron chi connectivity index (χ2n) is 6.02. The van der Waals surface area contributed by atoms with Crippen molar-refractivity contribution < 1.29 is 4.74 Å². The minimum absolute atomic E-state index is 0.875. The normalized spacial score (nSPS) is 12.6. The molecule has 2 aromatic carbocycles. The van der Waals surface area contributed by atoms with Crippen LogP contribution in [-0.4, -0.2) is 22.9 Å². The summed E-state index contributed by atoms with van der Waals surface area (Å²) in [7, 11) is 1.69. The van der Waals surface area contributed by atoms with Crippen molar-refractivity contribution in [2.24, 2.45) is 0 Å². The number of benzene rings is 2. The van der Waals surface area contributed by atoms with E-state index in [0.29, 0.717) is 0 Å². The number of rotatable bonds is 3. The lowest BCUT2D eigenvalue weighted by molar-refractivity contribution is 0.415. The monoisotopic (exact) mass is 336 g/mol. The van der Waals surface area contributed by atoms with E-state index in [-0.39, 0.29) is 0 Å². The van der Waals surface area contributed by atoms with Crippen LogP contribution in [0.15, 0.2) is 47.4 Å². The van der Waals surface area contributed by atoms with Crippen LogP contribution in [0.2, 0.25) is 0 Å². The van der Waals surface area contributed by atoms with E-state index in [4.69, 9.17) is 9.72 Å². The molecule has 1 aliphatic heterocycles. The molecule has 0 radical (unpaired) electrons. The molecule has 0 saturated heterocycles. The van der Waals surface area contributed by atoms with Crippen LogP contribution in [0.1, 0.15) is 17.1 Å². The summed E-state index contributed by atoms with van der Waals surface area (Å²) in [5.41, 5.74) is 6.11. The zero-order chi connectivity index (χ0) is 16.7. The summed E-state index contributed by atoms with van der Waals surface area (Å²) < 4.78 is 7.62. The molecule has 1 aromatic heterocycles. The number of aryl methyl sites for hydroxylation is 3. The van der Waals surface area contributed by atoms with E-state index >= 15 is 0 Å². The van der Waals surface area contributed by atoms with E-state index in [1.165, 1.54) is 27.4 Å². The summed E-state index contributed by atoms with van der Waals surface area (Å²) in [6.07, 6.45) is 4.17. The van der Waals surface area contributed by atoms with Crippen LogP contribution < -0.4 is 4.74 Å². The van der Waals surface area contributed by atoms with Crippen LogP contribution in [0.25, 0.3) is 16.9 Å². The number of hydrogen-bond acceptors (Lipinski definition) is 3. The Bertz CT molecular complexity index is 897. The molecule has 0 fully saturated rings. The minimum atomic E-state index is 0.875. The Balaban J connectivity index is 1.89. The fourth-order valence-corrected chi connectivity index (χ4v) is 3.92. The van der Waals surface area contributed by atoms with Gasteiger partial charge in [0.25, 0.3) is 0 Å². The Morgan fingerprint density at radius 1 is 1.08 bits per heavy atom. The van der Waals surface area contributed by atoms with Crippen LogP contribution in [-0.2, 0) is 12.8 Å². The van der Waals surface area contributed by atoms with Crippen LogP contribution >= 0.6 is 11.8 Å². The maximum atomic E-state index is 5.29. The summed E-state index contributed by atoms with van der Waals surface area (Å²) in [4.78, 5) is 6.16. The van der Waals surface area contributed by atoms with E-state index in [9.17, 15) is 0 Å². The van der Waals surface area contributed by atoms with Crippen molar-refractivity contribution >= 4 is 11.8 Å². The molecule has 0 N–H and O–H groups in total. The third-order valence-corrected chi connectivity index (χ3v) is 5.36. The largest absolute Gasteiger partial charge is 0.497 e. The SMILES string of the molecule is COc1ccc(-c2c(C)nc3n2-c2ccc(SC)cc2CC3)cc1. The molecule has 4 rings (SSSR count). The van der Waals surface area contributed by atoms with Gasteiger partial charge in [-0.15, -0.1) is 11.8 Å². The standard InChI is InChI=1S/C20H20N2OS/c1-13-20(14-4-7-16(23-2)8-5-14)22-18-10-9-17(24-3)12-15(18)6-11-19(22)21-13/h4-5,7-10,12H,6,11H2,1-3H3. The molecule has 0 aliphatic carbocycles. The number of ether oxygens (including phenoxy) is 1. The van der Waals surface area contributed by atoms with E-state index in [2.05, 4.69) is 48.1 Å². The molecule has 2 heterocycles. The third kappa shape index (κ3) is 2.42. The lowest BCUT2D eigenvalue weighted by Crippen LogP contribution is -2.13. The van der Waals surface area contributed by atoms with Gasteiger partial charge < -0.3 is 4.74 Å². The summed E-state index contributed by atoms with van der Waals surface area (Å²) in [6, 6.07) is 15.0. The van der Waals surface area contributed by atoms with Crippen molar-refractivity contribution in [2.75, 3.05) is 13.4 Å². The van der Waals surface area contributed by atoms with Gasteiger partial charge in [0.1, 0.15) is 11.6 Å². The fraction of sp³-hybridized carbons (Fsp3) is 0.250. The van der Waals surface area contributed by atoms with Crippen molar-refractivity contribution in [3.8, 4) is 22.7 Å². The zero-order valence-corrected chi connectivity index (χ0v) is 15.0. The van der Waals surface area contributed by atoms with Crippen LogP contribution in [0.5, 0.6) is 5.75 Å². The lowest BCUT2D eigenvalue weighted by Gasteiger charge is -2.21. The van der Waals surface area contributed by atoms with Crippen LogP contribution in [0.4, 0.5) is 0 Å².